The minimum atomic E-state index is -0.115. The number of likely N-dealkylation sites (N-methyl/N-ethyl adjacent to an activating group) is 1. The Morgan fingerprint density at radius 1 is 1.13 bits per heavy atom. The summed E-state index contributed by atoms with van der Waals surface area (Å²) in [7, 11) is 3.96. The van der Waals surface area contributed by atoms with Crippen LogP contribution in [0.3, 0.4) is 0 Å². The molecule has 2 aromatic carbocycles. The van der Waals surface area contributed by atoms with E-state index in [2.05, 4.69) is 15.5 Å². The van der Waals surface area contributed by atoms with Crippen LogP contribution in [0.2, 0.25) is 5.02 Å². The number of nitrogens with zero attached hydrogens (tertiary/aromatic N) is 2. The molecule has 0 spiro atoms. The average Bonchev–Trinajstić information content (AvgIpc) is 2.75. The second-order valence-electron chi connectivity index (χ2n) is 8.31. The molecule has 1 atom stereocenters. The third-order valence-electron chi connectivity index (χ3n) is 5.78. The highest BCUT2D eigenvalue weighted by Gasteiger charge is 2.28. The van der Waals surface area contributed by atoms with E-state index in [1.54, 1.807) is 4.90 Å². The van der Waals surface area contributed by atoms with Gasteiger partial charge in [-0.1, -0.05) is 41.9 Å². The van der Waals surface area contributed by atoms with Crippen molar-refractivity contribution in [3.05, 3.63) is 64.7 Å². The summed E-state index contributed by atoms with van der Waals surface area (Å²) in [6.07, 6.45) is 1.32. The topological polar surface area (TPSA) is 64.7 Å². The van der Waals surface area contributed by atoms with E-state index in [4.69, 9.17) is 11.6 Å². The molecule has 166 valence electrons. The zero-order chi connectivity index (χ0) is 22.4. The fourth-order valence-electron chi connectivity index (χ4n) is 3.93. The van der Waals surface area contributed by atoms with Crippen LogP contribution >= 0.6 is 11.6 Å². The second kappa shape index (κ2) is 10.6. The van der Waals surface area contributed by atoms with E-state index in [0.717, 1.165) is 16.8 Å². The highest BCUT2D eigenvalue weighted by molar-refractivity contribution is 6.31. The van der Waals surface area contributed by atoms with Crippen molar-refractivity contribution in [2.45, 2.75) is 25.8 Å². The second-order valence-corrected chi connectivity index (χ2v) is 8.71. The normalized spacial score (nSPS) is 15.6. The molecule has 31 heavy (non-hydrogen) atoms. The van der Waals surface area contributed by atoms with E-state index >= 15 is 0 Å². The van der Waals surface area contributed by atoms with Crippen molar-refractivity contribution >= 4 is 29.2 Å². The molecule has 0 aliphatic carbocycles. The number of nitrogens with one attached hydrogen (secondary N) is 2. The number of halogens is 1. The molecular formula is C24H31ClN4O2. The maximum absolute atomic E-state index is 12.8. The first-order valence-corrected chi connectivity index (χ1v) is 11.0. The van der Waals surface area contributed by atoms with Crippen molar-refractivity contribution in [2.24, 2.45) is 5.92 Å². The predicted molar refractivity (Wildman–Crippen MR) is 125 cm³/mol. The van der Waals surface area contributed by atoms with Crippen LogP contribution < -0.4 is 10.6 Å². The number of carbonyl (C=O) groups excluding carboxylic acids is 2. The predicted octanol–water partition coefficient (Wildman–Crippen LogP) is 4.31. The zero-order valence-corrected chi connectivity index (χ0v) is 19.2. The number of anilines is 1. The van der Waals surface area contributed by atoms with E-state index in [1.165, 1.54) is 0 Å². The van der Waals surface area contributed by atoms with Gasteiger partial charge in [-0.25, -0.2) is 4.79 Å². The summed E-state index contributed by atoms with van der Waals surface area (Å²) >= 11 is 6.36. The number of rotatable bonds is 6. The van der Waals surface area contributed by atoms with E-state index in [-0.39, 0.29) is 23.9 Å². The third kappa shape index (κ3) is 6.21. The summed E-state index contributed by atoms with van der Waals surface area (Å²) in [5.74, 6) is -0.0466. The van der Waals surface area contributed by atoms with Crippen LogP contribution in [0.5, 0.6) is 0 Å². The van der Waals surface area contributed by atoms with Crippen molar-refractivity contribution < 1.29 is 9.59 Å². The van der Waals surface area contributed by atoms with Gasteiger partial charge in [0, 0.05) is 36.3 Å². The average molecular weight is 443 g/mol. The van der Waals surface area contributed by atoms with Gasteiger partial charge in [0.1, 0.15) is 0 Å². The number of likely N-dealkylation sites (tertiary alicyclic amines) is 1. The monoisotopic (exact) mass is 442 g/mol. The van der Waals surface area contributed by atoms with Crippen LogP contribution in [-0.4, -0.2) is 55.5 Å². The standard InChI is InChI=1S/C24H31ClN4O2/c1-17-7-6-8-19(15-17)27-24(31)29-13-11-18(12-14-29)23(30)26-16-22(28(2)3)20-9-4-5-10-21(20)25/h4-10,15,18,22H,11-14,16H2,1-3H3,(H,26,30)(H,27,31). The van der Waals surface area contributed by atoms with Gasteiger partial charge >= 0.3 is 6.03 Å². The number of amides is 3. The van der Waals surface area contributed by atoms with Gasteiger partial charge in [-0.3, -0.25) is 4.79 Å². The van der Waals surface area contributed by atoms with Gasteiger partial charge in [-0.05, 0) is 63.2 Å². The Bertz CT molecular complexity index is 910. The molecule has 1 saturated heterocycles. The van der Waals surface area contributed by atoms with Crippen molar-refractivity contribution in [2.75, 3.05) is 39.0 Å². The van der Waals surface area contributed by atoms with Gasteiger partial charge < -0.3 is 20.4 Å². The van der Waals surface area contributed by atoms with Gasteiger partial charge in [-0.15, -0.1) is 0 Å². The lowest BCUT2D eigenvalue weighted by atomic mass is 9.95. The molecule has 1 aliphatic rings. The summed E-state index contributed by atoms with van der Waals surface area (Å²) in [4.78, 5) is 29.1. The van der Waals surface area contributed by atoms with Gasteiger partial charge in [-0.2, -0.15) is 0 Å². The van der Waals surface area contributed by atoms with Gasteiger partial charge in [0.2, 0.25) is 5.91 Å². The van der Waals surface area contributed by atoms with Gasteiger partial charge in [0.25, 0.3) is 0 Å². The molecule has 0 aromatic heterocycles. The molecule has 1 fully saturated rings. The number of urea groups is 1. The molecule has 2 aromatic rings. The minimum absolute atomic E-state index is 0.00199. The van der Waals surface area contributed by atoms with Crippen LogP contribution in [0, 0.1) is 12.8 Å². The number of carbonyl (C=O) groups is 2. The third-order valence-corrected chi connectivity index (χ3v) is 6.12. The van der Waals surface area contributed by atoms with Crippen LogP contribution in [0.15, 0.2) is 48.5 Å². The van der Waals surface area contributed by atoms with E-state index in [0.29, 0.717) is 37.5 Å². The quantitative estimate of drug-likeness (QED) is 0.700. The number of benzene rings is 2. The lowest BCUT2D eigenvalue weighted by molar-refractivity contribution is -0.126. The molecule has 0 bridgehead atoms. The Morgan fingerprint density at radius 3 is 2.48 bits per heavy atom. The molecule has 1 heterocycles. The summed E-state index contributed by atoms with van der Waals surface area (Å²) in [5, 5.41) is 6.73. The molecule has 3 rings (SSSR count). The Labute approximate surface area is 189 Å². The SMILES string of the molecule is Cc1cccc(NC(=O)N2CCC(C(=O)NCC(c3ccccc3Cl)N(C)C)CC2)c1. The fraction of sp³-hybridized carbons (Fsp3) is 0.417. The minimum Gasteiger partial charge on any atom is -0.354 e. The van der Waals surface area contributed by atoms with E-state index < -0.39 is 0 Å². The maximum Gasteiger partial charge on any atom is 0.321 e. The Balaban J connectivity index is 1.49. The first-order valence-electron chi connectivity index (χ1n) is 10.7. The van der Waals surface area contributed by atoms with Crippen molar-refractivity contribution in [1.82, 2.24) is 15.1 Å². The zero-order valence-electron chi connectivity index (χ0n) is 18.4. The summed E-state index contributed by atoms with van der Waals surface area (Å²) < 4.78 is 0. The molecule has 2 N–H and O–H groups in total. The number of piperidine rings is 1. The summed E-state index contributed by atoms with van der Waals surface area (Å²) in [6.45, 7) is 3.62. The van der Waals surface area contributed by atoms with Crippen LogP contribution in [0.4, 0.5) is 10.5 Å². The molecule has 0 radical (unpaired) electrons. The number of hydrogen-bond acceptors (Lipinski definition) is 3. The molecule has 6 nitrogen and oxygen atoms in total. The number of aryl methyl sites for hydroxylation is 1. The highest BCUT2D eigenvalue weighted by Crippen LogP contribution is 2.26. The number of hydrogen-bond donors (Lipinski definition) is 2. The van der Waals surface area contributed by atoms with Crippen molar-refractivity contribution in [3.8, 4) is 0 Å². The lowest BCUT2D eigenvalue weighted by Crippen LogP contribution is -2.45. The Hall–Kier alpha value is -2.57. The first-order chi connectivity index (χ1) is 14.8. The molecule has 1 aliphatic heterocycles. The molecule has 0 saturated carbocycles. The van der Waals surface area contributed by atoms with Crippen LogP contribution in [0.1, 0.15) is 30.0 Å². The lowest BCUT2D eigenvalue weighted by Gasteiger charge is -2.32. The fourth-order valence-corrected chi connectivity index (χ4v) is 4.19. The van der Waals surface area contributed by atoms with Crippen molar-refractivity contribution in [1.29, 1.82) is 0 Å². The molecule has 7 heteroatoms. The van der Waals surface area contributed by atoms with Gasteiger partial charge in [0.05, 0.1) is 6.04 Å². The smallest absolute Gasteiger partial charge is 0.321 e. The summed E-state index contributed by atoms with van der Waals surface area (Å²) in [6, 6.07) is 15.3. The van der Waals surface area contributed by atoms with Crippen LogP contribution in [-0.2, 0) is 4.79 Å². The van der Waals surface area contributed by atoms with E-state index in [9.17, 15) is 9.59 Å². The Morgan fingerprint density at radius 2 is 1.84 bits per heavy atom. The largest absolute Gasteiger partial charge is 0.354 e. The molecule has 3 amide bonds. The van der Waals surface area contributed by atoms with Crippen molar-refractivity contribution in [3.63, 3.8) is 0 Å². The molecule has 1 unspecified atom stereocenters. The van der Waals surface area contributed by atoms with Gasteiger partial charge in [0.15, 0.2) is 0 Å². The van der Waals surface area contributed by atoms with Crippen LogP contribution in [0.25, 0.3) is 0 Å². The Kier molecular flexibility index (Phi) is 7.93. The molecular weight excluding hydrogens is 412 g/mol. The summed E-state index contributed by atoms with van der Waals surface area (Å²) in [5.41, 5.74) is 2.89. The first kappa shape index (κ1) is 23.1. The maximum atomic E-state index is 12.8. The highest BCUT2D eigenvalue weighted by atomic mass is 35.5. The van der Waals surface area contributed by atoms with E-state index in [1.807, 2.05) is 69.6 Å².